The summed E-state index contributed by atoms with van der Waals surface area (Å²) in [5, 5.41) is 3.82. The van der Waals surface area contributed by atoms with Crippen molar-refractivity contribution in [3.63, 3.8) is 0 Å². The fourth-order valence-electron chi connectivity index (χ4n) is 2.57. The highest BCUT2D eigenvalue weighted by molar-refractivity contribution is 8.00. The van der Waals surface area contributed by atoms with Gasteiger partial charge in [0.1, 0.15) is 6.61 Å². The van der Waals surface area contributed by atoms with Crippen LogP contribution in [0.5, 0.6) is 11.5 Å². The van der Waals surface area contributed by atoms with Crippen LogP contribution in [0.25, 0.3) is 0 Å². The number of thioether (sulfide) groups is 1. The van der Waals surface area contributed by atoms with Crippen LogP contribution in [-0.2, 0) is 0 Å². The van der Waals surface area contributed by atoms with Gasteiger partial charge in [0.15, 0.2) is 11.5 Å². The van der Waals surface area contributed by atoms with E-state index < -0.39 is 0 Å². The third kappa shape index (κ3) is 3.00. The first-order valence-corrected chi connectivity index (χ1v) is 7.98. The number of nitrogens with one attached hydrogen (secondary N) is 1. The Labute approximate surface area is 119 Å². The molecule has 0 bridgehead atoms. The topological polar surface area (TPSA) is 30.5 Å². The molecule has 0 aromatic heterocycles. The predicted molar refractivity (Wildman–Crippen MR) is 79.3 cm³/mol. The average Bonchev–Trinajstić information content (AvgIpc) is 2.94. The van der Waals surface area contributed by atoms with Crippen LogP contribution >= 0.6 is 11.8 Å². The molecular weight excluding hydrogens is 258 g/mol. The number of hydrogen-bond donors (Lipinski definition) is 1. The highest BCUT2D eigenvalue weighted by Crippen LogP contribution is 2.48. The summed E-state index contributed by atoms with van der Waals surface area (Å²) in [6.07, 6.45) is 1.30. The molecule has 19 heavy (non-hydrogen) atoms. The fourth-order valence-corrected chi connectivity index (χ4v) is 3.49. The second-order valence-electron chi connectivity index (χ2n) is 5.35. The van der Waals surface area contributed by atoms with Crippen molar-refractivity contribution in [1.29, 1.82) is 0 Å². The van der Waals surface area contributed by atoms with E-state index in [1.54, 1.807) is 7.11 Å². The number of hydrogen-bond acceptors (Lipinski definition) is 4. The van der Waals surface area contributed by atoms with Crippen LogP contribution in [0.15, 0.2) is 18.2 Å². The Kier molecular flexibility index (Phi) is 3.89. The minimum Gasteiger partial charge on any atom is -0.493 e. The number of rotatable bonds is 5. The summed E-state index contributed by atoms with van der Waals surface area (Å²) in [4.78, 5) is 0. The van der Waals surface area contributed by atoms with Crippen molar-refractivity contribution in [1.82, 2.24) is 5.32 Å². The van der Waals surface area contributed by atoms with Crippen molar-refractivity contribution in [2.75, 3.05) is 26.0 Å². The first-order valence-electron chi connectivity index (χ1n) is 6.93. The van der Waals surface area contributed by atoms with E-state index in [0.29, 0.717) is 12.0 Å². The van der Waals surface area contributed by atoms with Crippen LogP contribution < -0.4 is 14.8 Å². The first-order chi connectivity index (χ1) is 9.28. The second kappa shape index (κ2) is 5.63. The van der Waals surface area contributed by atoms with Crippen LogP contribution in [0, 0.1) is 5.92 Å². The minimum atomic E-state index is 0.410. The van der Waals surface area contributed by atoms with Gasteiger partial charge in [-0.15, -0.1) is 11.8 Å². The van der Waals surface area contributed by atoms with E-state index in [9.17, 15) is 0 Å². The van der Waals surface area contributed by atoms with Crippen molar-refractivity contribution >= 4 is 11.8 Å². The Hall–Kier alpha value is -0.870. The molecule has 104 valence electrons. The molecular formula is C15H21NO2S. The van der Waals surface area contributed by atoms with Gasteiger partial charge in [0.25, 0.3) is 0 Å². The standard InChI is InChI=1S/C15H21NO2S/c1-10-7-12(10)11-3-4-13(14(8-11)17-2)18-9-15-16-5-6-19-15/h3-4,8,10,12,15-16H,5-7,9H2,1-2H3/t10-,12?,15?/m1/s1. The molecule has 3 atom stereocenters. The SMILES string of the molecule is COc1cc(C2C[C@H]2C)ccc1OCC1NCCS1. The third-order valence-electron chi connectivity index (χ3n) is 3.91. The van der Waals surface area contributed by atoms with E-state index in [1.165, 1.54) is 17.7 Å². The van der Waals surface area contributed by atoms with Gasteiger partial charge in [-0.2, -0.15) is 0 Å². The molecule has 2 unspecified atom stereocenters. The maximum Gasteiger partial charge on any atom is 0.161 e. The molecule has 3 nitrogen and oxygen atoms in total. The zero-order valence-electron chi connectivity index (χ0n) is 11.5. The molecule has 0 amide bonds. The molecule has 1 aliphatic heterocycles. The fraction of sp³-hybridized carbons (Fsp3) is 0.600. The summed E-state index contributed by atoms with van der Waals surface area (Å²) in [5.41, 5.74) is 1.38. The zero-order chi connectivity index (χ0) is 13.2. The van der Waals surface area contributed by atoms with Gasteiger partial charge in [-0.05, 0) is 36.0 Å². The molecule has 0 spiro atoms. The van der Waals surface area contributed by atoms with Crippen molar-refractivity contribution in [2.45, 2.75) is 24.6 Å². The van der Waals surface area contributed by atoms with Crippen LogP contribution in [0.3, 0.4) is 0 Å². The minimum absolute atomic E-state index is 0.410. The molecule has 1 N–H and O–H groups in total. The lowest BCUT2D eigenvalue weighted by atomic mass is 10.1. The van der Waals surface area contributed by atoms with Crippen molar-refractivity contribution in [3.8, 4) is 11.5 Å². The average molecular weight is 279 g/mol. The van der Waals surface area contributed by atoms with E-state index in [0.717, 1.165) is 29.9 Å². The van der Waals surface area contributed by atoms with Crippen molar-refractivity contribution in [3.05, 3.63) is 23.8 Å². The van der Waals surface area contributed by atoms with Crippen LogP contribution in [0.2, 0.25) is 0 Å². The van der Waals surface area contributed by atoms with E-state index >= 15 is 0 Å². The monoisotopic (exact) mass is 279 g/mol. The highest BCUT2D eigenvalue weighted by Gasteiger charge is 2.34. The third-order valence-corrected chi connectivity index (χ3v) is 5.05. The Bertz CT molecular complexity index is 446. The molecule has 2 aliphatic rings. The number of methoxy groups -OCH3 is 1. The van der Waals surface area contributed by atoms with Gasteiger partial charge >= 0.3 is 0 Å². The summed E-state index contributed by atoms with van der Waals surface area (Å²) in [6.45, 7) is 4.07. The van der Waals surface area contributed by atoms with Crippen LogP contribution in [0.4, 0.5) is 0 Å². The van der Waals surface area contributed by atoms with Crippen molar-refractivity contribution in [2.24, 2.45) is 5.92 Å². The van der Waals surface area contributed by atoms with Gasteiger partial charge in [-0.3, -0.25) is 0 Å². The van der Waals surface area contributed by atoms with E-state index in [1.807, 2.05) is 11.8 Å². The van der Waals surface area contributed by atoms with Gasteiger partial charge in [0, 0.05) is 12.3 Å². The zero-order valence-corrected chi connectivity index (χ0v) is 12.3. The second-order valence-corrected chi connectivity index (χ2v) is 6.66. The lowest BCUT2D eigenvalue weighted by molar-refractivity contribution is 0.286. The van der Waals surface area contributed by atoms with Crippen LogP contribution in [0.1, 0.15) is 24.8 Å². The lowest BCUT2D eigenvalue weighted by Gasteiger charge is -2.15. The number of benzene rings is 1. The predicted octanol–water partition coefficient (Wildman–Crippen LogP) is 2.86. The lowest BCUT2D eigenvalue weighted by Crippen LogP contribution is -2.26. The molecule has 1 aromatic carbocycles. The Morgan fingerprint density at radius 2 is 2.21 bits per heavy atom. The normalized spacial score (nSPS) is 29.3. The summed E-state index contributed by atoms with van der Waals surface area (Å²) in [5.74, 6) is 4.42. The summed E-state index contributed by atoms with van der Waals surface area (Å²) in [7, 11) is 1.71. The molecule has 0 radical (unpaired) electrons. The van der Waals surface area contributed by atoms with Gasteiger partial charge in [-0.1, -0.05) is 13.0 Å². The molecule has 4 heteroatoms. The van der Waals surface area contributed by atoms with Gasteiger partial charge in [0.2, 0.25) is 0 Å². The first kappa shape index (κ1) is 13.1. The maximum absolute atomic E-state index is 5.89. The smallest absolute Gasteiger partial charge is 0.161 e. The Morgan fingerprint density at radius 1 is 1.37 bits per heavy atom. The van der Waals surface area contributed by atoms with E-state index in [2.05, 4.69) is 30.4 Å². The van der Waals surface area contributed by atoms with E-state index in [-0.39, 0.29) is 0 Å². The van der Waals surface area contributed by atoms with Gasteiger partial charge in [-0.25, -0.2) is 0 Å². The summed E-state index contributed by atoms with van der Waals surface area (Å²) in [6, 6.07) is 6.37. The number of ether oxygens (including phenoxy) is 2. The summed E-state index contributed by atoms with van der Waals surface area (Å²) < 4.78 is 11.3. The van der Waals surface area contributed by atoms with Crippen molar-refractivity contribution < 1.29 is 9.47 Å². The molecule has 1 heterocycles. The Morgan fingerprint density at radius 3 is 2.84 bits per heavy atom. The quantitative estimate of drug-likeness (QED) is 0.898. The molecule has 1 aliphatic carbocycles. The molecule has 2 fully saturated rings. The molecule has 1 aromatic rings. The maximum atomic E-state index is 5.89. The highest BCUT2D eigenvalue weighted by atomic mass is 32.2. The molecule has 1 saturated heterocycles. The van der Waals surface area contributed by atoms with Gasteiger partial charge in [0.05, 0.1) is 12.5 Å². The molecule has 1 saturated carbocycles. The molecule has 3 rings (SSSR count). The summed E-state index contributed by atoms with van der Waals surface area (Å²) >= 11 is 1.92. The van der Waals surface area contributed by atoms with E-state index in [4.69, 9.17) is 9.47 Å². The largest absolute Gasteiger partial charge is 0.493 e. The Balaban J connectivity index is 1.66. The van der Waals surface area contributed by atoms with Crippen LogP contribution in [-0.4, -0.2) is 31.4 Å². The van der Waals surface area contributed by atoms with Gasteiger partial charge < -0.3 is 14.8 Å².